The topological polar surface area (TPSA) is 71.1 Å². The lowest BCUT2D eigenvalue weighted by Gasteiger charge is -2.10. The lowest BCUT2D eigenvalue weighted by atomic mass is 10.1. The smallest absolute Gasteiger partial charge is 0.258 e. The summed E-state index contributed by atoms with van der Waals surface area (Å²) in [5, 5.41) is 6.40. The molecule has 0 saturated heterocycles. The Morgan fingerprint density at radius 1 is 1.00 bits per heavy atom. The van der Waals surface area contributed by atoms with E-state index < -0.39 is 0 Å². The lowest BCUT2D eigenvalue weighted by Crippen LogP contribution is -2.31. The van der Waals surface area contributed by atoms with Gasteiger partial charge in [0.2, 0.25) is 5.91 Å². The van der Waals surface area contributed by atoms with Crippen molar-refractivity contribution in [3.8, 4) is 11.3 Å². The molecule has 0 bridgehead atoms. The van der Waals surface area contributed by atoms with Gasteiger partial charge in [0.15, 0.2) is 5.13 Å². The Morgan fingerprint density at radius 2 is 1.68 bits per heavy atom. The summed E-state index contributed by atoms with van der Waals surface area (Å²) >= 11 is 2.86. The number of thiazole rings is 1. The summed E-state index contributed by atoms with van der Waals surface area (Å²) < 4.78 is 0. The Kier molecular flexibility index (Phi) is 7.87. The van der Waals surface area contributed by atoms with E-state index in [9.17, 15) is 9.59 Å². The van der Waals surface area contributed by atoms with Crippen molar-refractivity contribution in [1.82, 2.24) is 10.3 Å². The van der Waals surface area contributed by atoms with Crippen molar-refractivity contribution < 1.29 is 9.59 Å². The van der Waals surface area contributed by atoms with Crippen LogP contribution < -0.4 is 10.6 Å². The van der Waals surface area contributed by atoms with E-state index in [0.717, 1.165) is 21.0 Å². The number of hydrogen-bond donors (Lipinski definition) is 2. The molecule has 0 fully saturated rings. The highest BCUT2D eigenvalue weighted by molar-refractivity contribution is 8.00. The number of aromatic nitrogens is 1. The molecule has 0 radical (unpaired) electrons. The summed E-state index contributed by atoms with van der Waals surface area (Å²) in [7, 11) is 0. The molecule has 1 aromatic heterocycles. The molecule has 7 heteroatoms. The second-order valence-corrected chi connectivity index (χ2v) is 9.76. The maximum Gasteiger partial charge on any atom is 0.258 e. The molecule has 162 valence electrons. The minimum absolute atomic E-state index is 0.0517. The Morgan fingerprint density at radius 3 is 2.35 bits per heavy atom. The minimum atomic E-state index is -0.226. The van der Waals surface area contributed by atoms with E-state index in [1.807, 2.05) is 62.4 Å². The van der Waals surface area contributed by atoms with Crippen LogP contribution >= 0.6 is 23.1 Å². The van der Waals surface area contributed by atoms with Gasteiger partial charge in [-0.3, -0.25) is 14.9 Å². The van der Waals surface area contributed by atoms with Crippen molar-refractivity contribution >= 4 is 40.0 Å². The summed E-state index contributed by atoms with van der Waals surface area (Å²) in [6, 6.07) is 17.4. The molecule has 5 nitrogen and oxygen atoms in total. The molecule has 2 N–H and O–H groups in total. The number of rotatable bonds is 8. The molecule has 2 amide bonds. The lowest BCUT2D eigenvalue weighted by molar-refractivity contribution is -0.119. The number of anilines is 1. The van der Waals surface area contributed by atoms with Crippen molar-refractivity contribution in [3.05, 3.63) is 65.0 Å². The molecule has 3 rings (SSSR count). The van der Waals surface area contributed by atoms with Crippen LogP contribution in [0.3, 0.4) is 0 Å². The average Bonchev–Trinajstić information content (AvgIpc) is 3.17. The first-order valence-corrected chi connectivity index (χ1v) is 12.0. The molecular weight excluding hydrogens is 426 g/mol. The number of amides is 2. The molecule has 3 aromatic rings. The predicted octanol–water partition coefficient (Wildman–Crippen LogP) is 5.80. The van der Waals surface area contributed by atoms with Gasteiger partial charge in [0.05, 0.1) is 17.0 Å². The zero-order chi connectivity index (χ0) is 22.4. The van der Waals surface area contributed by atoms with Gasteiger partial charge >= 0.3 is 0 Å². The van der Waals surface area contributed by atoms with Gasteiger partial charge in [-0.15, -0.1) is 23.1 Å². The van der Waals surface area contributed by atoms with Crippen molar-refractivity contribution in [2.75, 3.05) is 11.1 Å². The van der Waals surface area contributed by atoms with Crippen LogP contribution in [0.2, 0.25) is 0 Å². The minimum Gasteiger partial charge on any atom is -0.353 e. The monoisotopic (exact) mass is 453 g/mol. The SMILES string of the molecule is CC(C)NC(=O)CSc1ccccc1C(=O)Nc1nc(-c2ccccc2)c(C(C)C)s1. The average molecular weight is 454 g/mol. The highest BCUT2D eigenvalue weighted by atomic mass is 32.2. The number of nitrogens with one attached hydrogen (secondary N) is 2. The predicted molar refractivity (Wildman–Crippen MR) is 130 cm³/mol. The van der Waals surface area contributed by atoms with Crippen LogP contribution in [0, 0.1) is 0 Å². The van der Waals surface area contributed by atoms with Crippen molar-refractivity contribution in [2.45, 2.75) is 44.6 Å². The van der Waals surface area contributed by atoms with Crippen LogP contribution in [0.5, 0.6) is 0 Å². The number of hydrogen-bond acceptors (Lipinski definition) is 5. The number of nitrogens with zero attached hydrogens (tertiary/aromatic N) is 1. The first-order chi connectivity index (χ1) is 14.8. The van der Waals surface area contributed by atoms with Crippen molar-refractivity contribution in [2.24, 2.45) is 0 Å². The zero-order valence-corrected chi connectivity index (χ0v) is 19.8. The highest BCUT2D eigenvalue weighted by Crippen LogP contribution is 2.36. The van der Waals surface area contributed by atoms with E-state index in [1.165, 1.54) is 23.1 Å². The summed E-state index contributed by atoms with van der Waals surface area (Å²) in [6.07, 6.45) is 0. The number of carbonyl (C=O) groups is 2. The number of thioether (sulfide) groups is 1. The fraction of sp³-hybridized carbons (Fsp3) is 0.292. The summed E-state index contributed by atoms with van der Waals surface area (Å²) in [4.78, 5) is 31.6. The van der Waals surface area contributed by atoms with Gasteiger partial charge in [-0.25, -0.2) is 4.98 Å². The van der Waals surface area contributed by atoms with E-state index in [0.29, 0.717) is 16.6 Å². The Labute approximate surface area is 191 Å². The van der Waals surface area contributed by atoms with Crippen LogP contribution in [-0.4, -0.2) is 28.6 Å². The van der Waals surface area contributed by atoms with Crippen LogP contribution in [0.1, 0.15) is 48.8 Å². The second-order valence-electron chi connectivity index (χ2n) is 7.71. The van der Waals surface area contributed by atoms with E-state index >= 15 is 0 Å². The first kappa shape index (κ1) is 23.0. The van der Waals surface area contributed by atoms with Crippen LogP contribution in [-0.2, 0) is 4.79 Å². The Balaban J connectivity index is 1.79. The Hall–Kier alpha value is -2.64. The molecule has 0 saturated carbocycles. The molecule has 0 aliphatic heterocycles. The number of benzene rings is 2. The molecular formula is C24H27N3O2S2. The van der Waals surface area contributed by atoms with Crippen LogP contribution in [0.4, 0.5) is 5.13 Å². The second kappa shape index (κ2) is 10.6. The number of carbonyl (C=O) groups excluding carboxylic acids is 2. The maximum absolute atomic E-state index is 13.0. The Bertz CT molecular complexity index is 1050. The quantitative estimate of drug-likeness (QED) is 0.423. The molecule has 0 aliphatic carbocycles. The normalized spacial score (nSPS) is 11.0. The van der Waals surface area contributed by atoms with Gasteiger partial charge in [0.1, 0.15) is 0 Å². The molecule has 2 aromatic carbocycles. The largest absolute Gasteiger partial charge is 0.353 e. The van der Waals surface area contributed by atoms with Gasteiger partial charge in [0.25, 0.3) is 5.91 Å². The third-order valence-electron chi connectivity index (χ3n) is 4.39. The van der Waals surface area contributed by atoms with Gasteiger partial charge in [-0.05, 0) is 31.9 Å². The summed E-state index contributed by atoms with van der Waals surface area (Å²) in [5.74, 6) is 0.274. The van der Waals surface area contributed by atoms with Gasteiger partial charge < -0.3 is 5.32 Å². The summed E-state index contributed by atoms with van der Waals surface area (Å²) in [6.45, 7) is 8.10. The fourth-order valence-electron chi connectivity index (χ4n) is 3.03. The zero-order valence-electron chi connectivity index (χ0n) is 18.1. The van der Waals surface area contributed by atoms with Crippen LogP contribution in [0.25, 0.3) is 11.3 Å². The van der Waals surface area contributed by atoms with E-state index in [-0.39, 0.29) is 23.6 Å². The van der Waals surface area contributed by atoms with E-state index in [4.69, 9.17) is 4.98 Å². The molecule has 0 unspecified atom stereocenters. The first-order valence-electron chi connectivity index (χ1n) is 10.2. The highest BCUT2D eigenvalue weighted by Gasteiger charge is 2.19. The van der Waals surface area contributed by atoms with Crippen molar-refractivity contribution in [3.63, 3.8) is 0 Å². The molecule has 0 aliphatic rings. The molecule has 31 heavy (non-hydrogen) atoms. The van der Waals surface area contributed by atoms with Gasteiger partial charge in [0, 0.05) is 21.4 Å². The van der Waals surface area contributed by atoms with Crippen LogP contribution in [0.15, 0.2) is 59.5 Å². The van der Waals surface area contributed by atoms with Gasteiger partial charge in [-0.2, -0.15) is 0 Å². The van der Waals surface area contributed by atoms with Crippen molar-refractivity contribution in [1.29, 1.82) is 0 Å². The summed E-state index contributed by atoms with van der Waals surface area (Å²) in [5.41, 5.74) is 2.48. The standard InChI is InChI=1S/C24H27N3O2S2/c1-15(2)22-21(17-10-6-5-7-11-17)26-24(31-22)27-23(29)18-12-8-9-13-19(18)30-14-20(28)25-16(3)4/h5-13,15-16H,14H2,1-4H3,(H,25,28)(H,26,27,29). The van der Waals surface area contributed by atoms with Gasteiger partial charge in [-0.1, -0.05) is 56.3 Å². The molecule has 1 heterocycles. The third kappa shape index (κ3) is 6.18. The molecule has 0 atom stereocenters. The van der Waals surface area contributed by atoms with E-state index in [1.54, 1.807) is 6.07 Å². The maximum atomic E-state index is 13.0. The fourth-order valence-corrected chi connectivity index (χ4v) is 4.88. The third-order valence-corrected chi connectivity index (χ3v) is 6.73. The van der Waals surface area contributed by atoms with E-state index in [2.05, 4.69) is 24.5 Å². The molecule has 0 spiro atoms.